The number of ether oxygens (including phenoxy) is 1. The normalized spacial score (nSPS) is 19.4. The zero-order valence-corrected chi connectivity index (χ0v) is 13.3. The van der Waals surface area contributed by atoms with Crippen molar-refractivity contribution in [3.05, 3.63) is 28.2 Å². The molecule has 19 heavy (non-hydrogen) atoms. The van der Waals surface area contributed by atoms with E-state index in [1.54, 1.807) is 7.11 Å². The summed E-state index contributed by atoms with van der Waals surface area (Å²) in [6, 6.07) is 6.51. The number of piperidine rings is 1. The minimum absolute atomic E-state index is 0.322. The third-order valence-electron chi connectivity index (χ3n) is 4.01. The van der Waals surface area contributed by atoms with Crippen molar-refractivity contribution >= 4 is 15.9 Å². The van der Waals surface area contributed by atoms with Gasteiger partial charge in [0.2, 0.25) is 0 Å². The molecule has 1 unspecified atom stereocenters. The summed E-state index contributed by atoms with van der Waals surface area (Å²) in [6.07, 6.45) is 2.40. The highest BCUT2D eigenvalue weighted by atomic mass is 79.9. The largest absolute Gasteiger partial charge is 0.496 e. The van der Waals surface area contributed by atoms with Crippen molar-refractivity contribution in [1.82, 2.24) is 4.90 Å². The Balaban J connectivity index is 1.97. The van der Waals surface area contributed by atoms with E-state index in [1.165, 1.54) is 18.4 Å². The number of nitrogens with two attached hydrogens (primary N) is 1. The van der Waals surface area contributed by atoms with E-state index >= 15 is 0 Å². The number of hydrogen-bond acceptors (Lipinski definition) is 3. The molecule has 106 valence electrons. The summed E-state index contributed by atoms with van der Waals surface area (Å²) >= 11 is 3.53. The minimum atomic E-state index is 0.322. The Bertz CT molecular complexity index is 415. The fourth-order valence-electron chi connectivity index (χ4n) is 2.75. The average Bonchev–Trinajstić information content (AvgIpc) is 2.39. The quantitative estimate of drug-likeness (QED) is 0.924. The van der Waals surface area contributed by atoms with Gasteiger partial charge in [0, 0.05) is 22.6 Å². The van der Waals surface area contributed by atoms with E-state index in [9.17, 15) is 0 Å². The van der Waals surface area contributed by atoms with Crippen molar-refractivity contribution in [2.24, 2.45) is 11.7 Å². The molecule has 1 saturated heterocycles. The van der Waals surface area contributed by atoms with E-state index in [0.717, 1.165) is 29.9 Å². The van der Waals surface area contributed by atoms with Gasteiger partial charge in [-0.1, -0.05) is 15.9 Å². The van der Waals surface area contributed by atoms with Gasteiger partial charge in [0.25, 0.3) is 0 Å². The van der Waals surface area contributed by atoms with Crippen molar-refractivity contribution < 1.29 is 4.74 Å². The van der Waals surface area contributed by atoms with Crippen molar-refractivity contribution in [3.8, 4) is 5.75 Å². The molecule has 0 spiro atoms. The predicted octanol–water partition coefficient (Wildman–Crippen LogP) is 3.02. The maximum Gasteiger partial charge on any atom is 0.123 e. The first kappa shape index (κ1) is 14.8. The smallest absolute Gasteiger partial charge is 0.123 e. The Morgan fingerprint density at radius 1 is 1.42 bits per heavy atom. The van der Waals surface area contributed by atoms with Crippen LogP contribution < -0.4 is 10.5 Å². The van der Waals surface area contributed by atoms with Crippen LogP contribution in [0.25, 0.3) is 0 Å². The number of hydrogen-bond donors (Lipinski definition) is 1. The number of nitrogens with zero attached hydrogens (tertiary/aromatic N) is 1. The van der Waals surface area contributed by atoms with Gasteiger partial charge >= 0.3 is 0 Å². The molecule has 0 saturated carbocycles. The van der Waals surface area contributed by atoms with E-state index < -0.39 is 0 Å². The van der Waals surface area contributed by atoms with Crippen LogP contribution in [0.15, 0.2) is 22.7 Å². The lowest BCUT2D eigenvalue weighted by atomic mass is 9.91. The molecule has 1 aliphatic heterocycles. The molecule has 2 N–H and O–H groups in total. The molecule has 2 rings (SSSR count). The molecule has 0 radical (unpaired) electrons. The van der Waals surface area contributed by atoms with Crippen LogP contribution in [0.3, 0.4) is 0 Å². The van der Waals surface area contributed by atoms with Gasteiger partial charge in [-0.15, -0.1) is 0 Å². The summed E-state index contributed by atoms with van der Waals surface area (Å²) < 4.78 is 6.54. The summed E-state index contributed by atoms with van der Waals surface area (Å²) in [5.41, 5.74) is 7.23. The van der Waals surface area contributed by atoms with Crippen LogP contribution in [0, 0.1) is 5.92 Å². The van der Waals surface area contributed by atoms with Crippen LogP contribution in [0.1, 0.15) is 25.3 Å². The Morgan fingerprint density at radius 3 is 2.68 bits per heavy atom. The number of halogens is 1. The Kier molecular flexibility index (Phi) is 5.25. The highest BCUT2D eigenvalue weighted by Gasteiger charge is 2.22. The summed E-state index contributed by atoms with van der Waals surface area (Å²) in [5.74, 6) is 1.65. The third kappa shape index (κ3) is 3.94. The van der Waals surface area contributed by atoms with E-state index in [0.29, 0.717) is 12.0 Å². The fourth-order valence-corrected chi connectivity index (χ4v) is 3.16. The van der Waals surface area contributed by atoms with Crippen LogP contribution >= 0.6 is 15.9 Å². The molecular formula is C15H23BrN2O. The van der Waals surface area contributed by atoms with Gasteiger partial charge in [0.05, 0.1) is 7.11 Å². The van der Waals surface area contributed by atoms with E-state index in [-0.39, 0.29) is 0 Å². The first-order valence-electron chi connectivity index (χ1n) is 6.90. The van der Waals surface area contributed by atoms with Crippen LogP contribution in [-0.4, -0.2) is 31.1 Å². The lowest BCUT2D eigenvalue weighted by Crippen LogP contribution is -2.39. The summed E-state index contributed by atoms with van der Waals surface area (Å²) in [4.78, 5) is 2.49. The monoisotopic (exact) mass is 326 g/mol. The molecule has 1 heterocycles. The van der Waals surface area contributed by atoms with Crippen molar-refractivity contribution in [2.45, 2.75) is 32.4 Å². The second-order valence-electron chi connectivity index (χ2n) is 5.43. The first-order valence-corrected chi connectivity index (χ1v) is 7.70. The molecule has 1 aromatic rings. The van der Waals surface area contributed by atoms with Gasteiger partial charge in [-0.25, -0.2) is 0 Å². The molecule has 0 aromatic heterocycles. The van der Waals surface area contributed by atoms with E-state index in [2.05, 4.69) is 33.8 Å². The zero-order valence-electron chi connectivity index (χ0n) is 11.7. The molecule has 0 aliphatic carbocycles. The third-order valence-corrected chi connectivity index (χ3v) is 4.51. The highest BCUT2D eigenvalue weighted by molar-refractivity contribution is 9.10. The van der Waals surface area contributed by atoms with E-state index in [4.69, 9.17) is 10.5 Å². The number of methoxy groups -OCH3 is 1. The zero-order chi connectivity index (χ0) is 13.8. The van der Waals surface area contributed by atoms with Crippen molar-refractivity contribution in [1.29, 1.82) is 0 Å². The van der Waals surface area contributed by atoms with Gasteiger partial charge in [-0.3, -0.25) is 4.90 Å². The fraction of sp³-hybridized carbons (Fsp3) is 0.600. The van der Waals surface area contributed by atoms with Crippen LogP contribution in [0.2, 0.25) is 0 Å². The predicted molar refractivity (Wildman–Crippen MR) is 82.3 cm³/mol. The topological polar surface area (TPSA) is 38.5 Å². The highest BCUT2D eigenvalue weighted by Crippen LogP contribution is 2.27. The lowest BCUT2D eigenvalue weighted by molar-refractivity contribution is 0.164. The average molecular weight is 327 g/mol. The molecule has 0 bridgehead atoms. The molecule has 1 aliphatic rings. The van der Waals surface area contributed by atoms with Crippen molar-refractivity contribution in [3.63, 3.8) is 0 Å². The first-order chi connectivity index (χ1) is 9.10. The van der Waals surface area contributed by atoms with Crippen LogP contribution in [-0.2, 0) is 6.54 Å². The van der Waals surface area contributed by atoms with Crippen LogP contribution in [0.5, 0.6) is 5.75 Å². The number of likely N-dealkylation sites (tertiary alicyclic amines) is 1. The Labute approximate surface area is 124 Å². The second kappa shape index (κ2) is 6.73. The molecule has 0 amide bonds. The van der Waals surface area contributed by atoms with Gasteiger partial charge in [-0.05, 0) is 57.0 Å². The van der Waals surface area contributed by atoms with Crippen LogP contribution in [0.4, 0.5) is 0 Å². The van der Waals surface area contributed by atoms with Gasteiger partial charge in [0.15, 0.2) is 0 Å². The van der Waals surface area contributed by atoms with E-state index in [1.807, 2.05) is 12.1 Å². The molecule has 1 fully saturated rings. The second-order valence-corrected chi connectivity index (χ2v) is 6.34. The molecule has 4 heteroatoms. The SMILES string of the molecule is COc1ccc(Br)cc1CN1CCC(C(C)N)CC1. The number of benzene rings is 1. The van der Waals surface area contributed by atoms with Crippen molar-refractivity contribution in [2.75, 3.05) is 20.2 Å². The maximum atomic E-state index is 5.99. The summed E-state index contributed by atoms with van der Waals surface area (Å²) in [7, 11) is 1.73. The number of rotatable bonds is 4. The Morgan fingerprint density at radius 2 is 2.11 bits per heavy atom. The summed E-state index contributed by atoms with van der Waals surface area (Å²) in [6.45, 7) is 5.33. The minimum Gasteiger partial charge on any atom is -0.496 e. The summed E-state index contributed by atoms with van der Waals surface area (Å²) in [5, 5.41) is 0. The maximum absolute atomic E-state index is 5.99. The molecule has 1 atom stereocenters. The van der Waals surface area contributed by atoms with Gasteiger partial charge in [-0.2, -0.15) is 0 Å². The Hall–Kier alpha value is -0.580. The van der Waals surface area contributed by atoms with Gasteiger partial charge < -0.3 is 10.5 Å². The lowest BCUT2D eigenvalue weighted by Gasteiger charge is -2.33. The standard InChI is InChI=1S/C15H23BrN2O/c1-11(17)12-5-7-18(8-6-12)10-13-9-14(16)3-4-15(13)19-2/h3-4,9,11-12H,5-8,10,17H2,1-2H3. The molecule has 3 nitrogen and oxygen atoms in total. The molecule has 1 aromatic carbocycles. The van der Waals surface area contributed by atoms with Gasteiger partial charge in [0.1, 0.15) is 5.75 Å². The molecular weight excluding hydrogens is 304 g/mol.